The molecule has 1 aromatic carbocycles. The van der Waals surface area contributed by atoms with Crippen LogP contribution in [0.4, 0.5) is 5.69 Å². The number of amides is 2. The van der Waals surface area contributed by atoms with E-state index in [1.165, 1.54) is 0 Å². The van der Waals surface area contributed by atoms with Crippen molar-refractivity contribution in [1.82, 2.24) is 4.90 Å². The zero-order chi connectivity index (χ0) is 29.9. The van der Waals surface area contributed by atoms with Crippen LogP contribution in [-0.2, 0) is 14.0 Å². The van der Waals surface area contributed by atoms with Crippen LogP contribution < -0.4 is 14.4 Å². The number of methoxy groups -OCH3 is 1. The van der Waals surface area contributed by atoms with Crippen LogP contribution in [0.25, 0.3) is 0 Å². The number of carbonyl (C=O) groups excluding carboxylic acids is 2. The Morgan fingerprint density at radius 2 is 1.73 bits per heavy atom. The van der Waals surface area contributed by atoms with Crippen molar-refractivity contribution in [3.05, 3.63) is 29.3 Å². The van der Waals surface area contributed by atoms with E-state index >= 15 is 0 Å². The molecule has 2 aliphatic heterocycles. The lowest BCUT2D eigenvalue weighted by Gasteiger charge is -2.36. The molecular formula is C30H50N2O6Si2. The van der Waals surface area contributed by atoms with Crippen molar-refractivity contribution in [2.75, 3.05) is 45.1 Å². The van der Waals surface area contributed by atoms with Gasteiger partial charge in [-0.2, -0.15) is 0 Å². The molecule has 0 spiro atoms. The molecule has 0 aliphatic carbocycles. The predicted molar refractivity (Wildman–Crippen MR) is 166 cm³/mol. The number of benzene rings is 1. The van der Waals surface area contributed by atoms with Gasteiger partial charge in [0.05, 0.1) is 25.0 Å². The van der Waals surface area contributed by atoms with Gasteiger partial charge in [-0.1, -0.05) is 52.1 Å². The Labute approximate surface area is 243 Å². The highest BCUT2D eigenvalue weighted by Crippen LogP contribution is 2.41. The number of rotatable bonds is 12. The second kappa shape index (κ2) is 12.8. The monoisotopic (exact) mass is 590 g/mol. The lowest BCUT2D eigenvalue weighted by molar-refractivity contribution is -0.123. The van der Waals surface area contributed by atoms with E-state index in [-0.39, 0.29) is 23.6 Å². The lowest BCUT2D eigenvalue weighted by Crippen LogP contribution is -2.45. The third-order valence-electron chi connectivity index (χ3n) is 8.26. The highest BCUT2D eigenvalue weighted by molar-refractivity contribution is 6.76. The minimum absolute atomic E-state index is 0.0885. The van der Waals surface area contributed by atoms with Gasteiger partial charge in [-0.3, -0.25) is 14.5 Å². The third kappa shape index (κ3) is 7.57. The van der Waals surface area contributed by atoms with Gasteiger partial charge in [0.2, 0.25) is 0 Å². The van der Waals surface area contributed by atoms with Gasteiger partial charge in [0.15, 0.2) is 19.8 Å². The average molecular weight is 591 g/mol. The van der Waals surface area contributed by atoms with Crippen molar-refractivity contribution in [1.29, 1.82) is 0 Å². The summed E-state index contributed by atoms with van der Waals surface area (Å²) < 4.78 is 24.1. The molecule has 3 rings (SSSR count). The van der Waals surface area contributed by atoms with Crippen LogP contribution in [0.15, 0.2) is 23.8 Å². The number of ether oxygens (including phenoxy) is 3. The fourth-order valence-electron chi connectivity index (χ4n) is 4.52. The number of carbonyl (C=O) groups is 2. The summed E-state index contributed by atoms with van der Waals surface area (Å²) in [5, 5.41) is 0.149. The first kappa shape index (κ1) is 32.4. The number of hydrogen-bond donors (Lipinski definition) is 0. The smallest absolute Gasteiger partial charge is 0.257 e. The maximum absolute atomic E-state index is 13.9. The van der Waals surface area contributed by atoms with Gasteiger partial charge in [0.25, 0.3) is 11.8 Å². The first-order valence-corrected chi connectivity index (χ1v) is 21.0. The molecule has 2 heterocycles. The molecule has 1 unspecified atom stereocenters. The Hall–Kier alpha value is -2.15. The normalized spacial score (nSPS) is 19.1. The Kier molecular flexibility index (Phi) is 10.4. The van der Waals surface area contributed by atoms with E-state index in [4.69, 9.17) is 18.6 Å². The van der Waals surface area contributed by atoms with Gasteiger partial charge < -0.3 is 23.5 Å². The van der Waals surface area contributed by atoms with Gasteiger partial charge in [-0.25, -0.2) is 0 Å². The maximum Gasteiger partial charge on any atom is 0.257 e. The first-order chi connectivity index (χ1) is 18.6. The zero-order valence-corrected chi connectivity index (χ0v) is 28.3. The molecule has 2 aliphatic rings. The molecule has 1 atom stereocenters. The molecular weight excluding hydrogens is 541 g/mol. The van der Waals surface area contributed by atoms with E-state index in [9.17, 15) is 9.59 Å². The largest absolute Gasteiger partial charge is 0.493 e. The fraction of sp³-hybridized carbons (Fsp3) is 0.667. The summed E-state index contributed by atoms with van der Waals surface area (Å²) in [4.78, 5) is 30.9. The Morgan fingerprint density at radius 1 is 1.02 bits per heavy atom. The topological polar surface area (TPSA) is 77.5 Å². The number of allylic oxidation sites excluding steroid dienone is 1. The average Bonchev–Trinajstić information content (AvgIpc) is 3.28. The summed E-state index contributed by atoms with van der Waals surface area (Å²) in [5.74, 6) is 0.657. The highest BCUT2D eigenvalue weighted by atomic mass is 28.4. The SMILES string of the molecule is C/C=C1/CC2C(=O)N(COCC[Si](C)(C)C)c3cc(OCCCO[Si](C)(C)C(C)(C)C)c(OC)cc3C(=O)N2C1. The molecule has 0 N–H and O–H groups in total. The summed E-state index contributed by atoms with van der Waals surface area (Å²) in [6, 6.07) is 3.92. The van der Waals surface area contributed by atoms with Crippen molar-refractivity contribution in [2.45, 2.75) is 90.4 Å². The number of fused-ring (bicyclic) bond motifs is 2. The summed E-state index contributed by atoms with van der Waals surface area (Å²) >= 11 is 0. The molecule has 10 heteroatoms. The molecule has 0 aromatic heterocycles. The van der Waals surface area contributed by atoms with Crippen molar-refractivity contribution in [2.24, 2.45) is 0 Å². The number of hydrogen-bond acceptors (Lipinski definition) is 6. The van der Waals surface area contributed by atoms with Gasteiger partial charge in [0, 0.05) is 40.3 Å². The molecule has 1 fully saturated rings. The molecule has 224 valence electrons. The summed E-state index contributed by atoms with van der Waals surface area (Å²) in [6.07, 6.45) is 3.25. The maximum atomic E-state index is 13.9. The molecule has 1 saturated heterocycles. The standard InChI is InChI=1S/C30H50N2O6Si2/c1-11-22-17-25-29(34)32(21-36-15-16-39(6,7)8)24-19-27(26(35-5)18-23(24)28(33)31(25)20-22)37-13-12-14-38-40(9,10)30(2,3)4/h11,18-19,25H,12-17,20-21H2,1-10H3/b22-11-. The van der Waals surface area contributed by atoms with Crippen molar-refractivity contribution >= 4 is 33.9 Å². The lowest BCUT2D eigenvalue weighted by atomic mass is 10.1. The van der Waals surface area contributed by atoms with Gasteiger partial charge in [-0.15, -0.1) is 0 Å². The van der Waals surface area contributed by atoms with Crippen LogP contribution in [0.1, 0.15) is 50.9 Å². The molecule has 0 radical (unpaired) electrons. The Bertz CT molecular complexity index is 1110. The van der Waals surface area contributed by atoms with E-state index in [0.29, 0.717) is 55.5 Å². The predicted octanol–water partition coefficient (Wildman–Crippen LogP) is 6.31. The Balaban J connectivity index is 1.85. The van der Waals surface area contributed by atoms with Crippen LogP contribution >= 0.6 is 0 Å². The molecule has 8 nitrogen and oxygen atoms in total. The van der Waals surface area contributed by atoms with E-state index in [2.05, 4.69) is 53.5 Å². The van der Waals surface area contributed by atoms with E-state index in [0.717, 1.165) is 18.0 Å². The molecule has 1 aromatic rings. The highest BCUT2D eigenvalue weighted by Gasteiger charge is 2.44. The van der Waals surface area contributed by atoms with Crippen molar-refractivity contribution in [3.63, 3.8) is 0 Å². The van der Waals surface area contributed by atoms with Gasteiger partial charge in [0.1, 0.15) is 12.8 Å². The first-order valence-electron chi connectivity index (χ1n) is 14.4. The van der Waals surface area contributed by atoms with Crippen LogP contribution in [0.3, 0.4) is 0 Å². The fourth-order valence-corrected chi connectivity index (χ4v) is 6.36. The quantitative estimate of drug-likeness (QED) is 0.161. The van der Waals surface area contributed by atoms with Gasteiger partial charge in [-0.05, 0) is 43.6 Å². The summed E-state index contributed by atoms with van der Waals surface area (Å²) in [7, 11) is -1.56. The van der Waals surface area contributed by atoms with E-state index < -0.39 is 22.4 Å². The van der Waals surface area contributed by atoms with Crippen LogP contribution in [0, 0.1) is 0 Å². The second-order valence-corrected chi connectivity index (χ2v) is 24.0. The molecule has 2 amide bonds. The second-order valence-electron chi connectivity index (χ2n) is 13.5. The van der Waals surface area contributed by atoms with Crippen molar-refractivity contribution < 1.29 is 28.2 Å². The number of anilines is 1. The van der Waals surface area contributed by atoms with E-state index in [1.54, 1.807) is 29.0 Å². The number of nitrogens with zero attached hydrogens (tertiary/aromatic N) is 2. The summed E-state index contributed by atoms with van der Waals surface area (Å²) in [6.45, 7) is 22.1. The van der Waals surface area contributed by atoms with Crippen LogP contribution in [0.2, 0.25) is 43.8 Å². The summed E-state index contributed by atoms with van der Waals surface area (Å²) in [5.41, 5.74) is 2.02. The Morgan fingerprint density at radius 3 is 2.33 bits per heavy atom. The van der Waals surface area contributed by atoms with Crippen LogP contribution in [-0.4, -0.2) is 79.4 Å². The minimum atomic E-state index is -1.83. The molecule has 0 saturated carbocycles. The molecule has 40 heavy (non-hydrogen) atoms. The third-order valence-corrected chi connectivity index (χ3v) is 14.5. The minimum Gasteiger partial charge on any atom is -0.493 e. The van der Waals surface area contributed by atoms with Crippen LogP contribution in [0.5, 0.6) is 11.5 Å². The van der Waals surface area contributed by atoms with Gasteiger partial charge >= 0.3 is 0 Å². The molecule has 0 bridgehead atoms. The van der Waals surface area contributed by atoms with E-state index in [1.807, 2.05) is 13.0 Å². The zero-order valence-electron chi connectivity index (χ0n) is 26.3. The van der Waals surface area contributed by atoms with Crippen molar-refractivity contribution in [3.8, 4) is 11.5 Å².